The Hall–Kier alpha value is -3.47. The zero-order chi connectivity index (χ0) is 22.0. The van der Waals surface area contributed by atoms with Crippen molar-refractivity contribution in [3.8, 4) is 0 Å². The maximum atomic E-state index is 12.4. The van der Waals surface area contributed by atoms with Crippen LogP contribution in [0.1, 0.15) is 18.9 Å². The van der Waals surface area contributed by atoms with Crippen LogP contribution in [0.3, 0.4) is 0 Å². The van der Waals surface area contributed by atoms with Crippen LogP contribution >= 0.6 is 0 Å². The molecule has 1 aromatic rings. The van der Waals surface area contributed by atoms with E-state index in [4.69, 9.17) is 10.8 Å². The average molecular weight is 408 g/mol. The van der Waals surface area contributed by atoms with Crippen molar-refractivity contribution >= 4 is 29.7 Å². The fourth-order valence-electron chi connectivity index (χ4n) is 2.28. The highest BCUT2D eigenvalue weighted by Gasteiger charge is 2.28. The summed E-state index contributed by atoms with van der Waals surface area (Å²) in [5, 5.41) is 25.0. The molecule has 158 valence electrons. The maximum absolute atomic E-state index is 12.4. The maximum Gasteiger partial charge on any atom is 0.326 e. The van der Waals surface area contributed by atoms with E-state index in [0.717, 1.165) is 0 Å². The second-order valence-electron chi connectivity index (χ2n) is 6.31. The number of nitrogens with two attached hydrogens (primary N) is 1. The number of hydrogen-bond acceptors (Lipinski definition) is 6. The van der Waals surface area contributed by atoms with Crippen molar-refractivity contribution in [1.29, 1.82) is 0 Å². The van der Waals surface area contributed by atoms with Crippen LogP contribution in [0.25, 0.3) is 0 Å². The van der Waals surface area contributed by atoms with Crippen molar-refractivity contribution in [2.45, 2.75) is 37.9 Å². The molecule has 0 spiro atoms. The Balaban J connectivity index is 2.77. The summed E-state index contributed by atoms with van der Waals surface area (Å²) in [6, 6.07) is 4.83. The third-order valence-electron chi connectivity index (χ3n) is 3.76. The van der Waals surface area contributed by atoms with Crippen molar-refractivity contribution < 1.29 is 34.2 Å². The standard InChI is InChI=1S/C18H24N4O7/c1-10(19)16(26)20-9-14(23)21-12(8-15(24)25)17(27)22-13(18(28)29)7-11-5-3-2-4-6-11/h2-6,10,12-13H,7-9,19H2,1H3,(H,20,26)(H,21,23)(H,22,27)(H,24,25)(H,28,29). The lowest BCUT2D eigenvalue weighted by Gasteiger charge is -2.20. The molecule has 0 bridgehead atoms. The molecule has 11 heteroatoms. The summed E-state index contributed by atoms with van der Waals surface area (Å²) < 4.78 is 0. The van der Waals surface area contributed by atoms with Crippen LogP contribution in [0.5, 0.6) is 0 Å². The third kappa shape index (κ3) is 8.84. The zero-order valence-corrected chi connectivity index (χ0v) is 15.8. The van der Waals surface area contributed by atoms with Gasteiger partial charge in [0.2, 0.25) is 17.7 Å². The molecular weight excluding hydrogens is 384 g/mol. The normalized spacial score (nSPS) is 13.4. The first-order chi connectivity index (χ1) is 13.6. The van der Waals surface area contributed by atoms with Crippen LogP contribution < -0.4 is 21.7 Å². The molecule has 3 amide bonds. The van der Waals surface area contributed by atoms with E-state index in [0.29, 0.717) is 5.56 Å². The van der Waals surface area contributed by atoms with Crippen LogP contribution in [0, 0.1) is 0 Å². The first kappa shape index (κ1) is 23.6. The highest BCUT2D eigenvalue weighted by atomic mass is 16.4. The number of carbonyl (C=O) groups is 5. The average Bonchev–Trinajstić information content (AvgIpc) is 2.65. The number of carboxylic acid groups (broad SMARTS) is 2. The first-order valence-electron chi connectivity index (χ1n) is 8.71. The van der Waals surface area contributed by atoms with E-state index >= 15 is 0 Å². The SMILES string of the molecule is CC(N)C(=O)NCC(=O)NC(CC(=O)O)C(=O)NC(Cc1ccccc1)C(=O)O. The van der Waals surface area contributed by atoms with E-state index in [2.05, 4.69) is 16.0 Å². The fourth-order valence-corrected chi connectivity index (χ4v) is 2.28. The molecule has 11 nitrogen and oxygen atoms in total. The minimum Gasteiger partial charge on any atom is -0.481 e. The molecule has 3 unspecified atom stereocenters. The molecule has 0 aliphatic heterocycles. The van der Waals surface area contributed by atoms with E-state index < -0.39 is 60.8 Å². The monoisotopic (exact) mass is 408 g/mol. The lowest BCUT2D eigenvalue weighted by Crippen LogP contribution is -2.54. The summed E-state index contributed by atoms with van der Waals surface area (Å²) in [4.78, 5) is 58.2. The van der Waals surface area contributed by atoms with Gasteiger partial charge in [0.15, 0.2) is 0 Å². The summed E-state index contributed by atoms with van der Waals surface area (Å²) in [5.41, 5.74) is 5.99. The Bertz CT molecular complexity index is 752. The smallest absolute Gasteiger partial charge is 0.326 e. The van der Waals surface area contributed by atoms with Gasteiger partial charge in [-0.15, -0.1) is 0 Å². The minimum absolute atomic E-state index is 0.0277. The number of rotatable bonds is 11. The first-order valence-corrected chi connectivity index (χ1v) is 8.71. The highest BCUT2D eigenvalue weighted by Crippen LogP contribution is 2.04. The molecule has 0 saturated heterocycles. The minimum atomic E-state index is -1.52. The van der Waals surface area contributed by atoms with Crippen LogP contribution in [-0.4, -0.2) is 64.5 Å². The summed E-state index contributed by atoms with van der Waals surface area (Å²) in [7, 11) is 0. The van der Waals surface area contributed by atoms with Crippen molar-refractivity contribution in [1.82, 2.24) is 16.0 Å². The summed E-state index contributed by atoms with van der Waals surface area (Å²) in [5.74, 6) is -5.09. The Labute approximate surface area is 166 Å². The van der Waals surface area contributed by atoms with Gasteiger partial charge in [-0.1, -0.05) is 30.3 Å². The Kier molecular flexibility index (Phi) is 9.26. The van der Waals surface area contributed by atoms with Gasteiger partial charge in [-0.25, -0.2) is 4.79 Å². The molecule has 0 aromatic heterocycles. The van der Waals surface area contributed by atoms with Crippen LogP contribution in [0.15, 0.2) is 30.3 Å². The Morgan fingerprint density at radius 2 is 1.59 bits per heavy atom. The van der Waals surface area contributed by atoms with Gasteiger partial charge in [0.25, 0.3) is 0 Å². The summed E-state index contributed by atoms with van der Waals surface area (Å²) in [6.45, 7) is 0.892. The molecule has 1 aromatic carbocycles. The molecule has 0 aliphatic rings. The Morgan fingerprint density at radius 3 is 2.10 bits per heavy atom. The molecule has 1 rings (SSSR count). The summed E-state index contributed by atoms with van der Waals surface area (Å²) in [6.07, 6.45) is -0.795. The van der Waals surface area contributed by atoms with Gasteiger partial charge in [-0.2, -0.15) is 0 Å². The fraction of sp³-hybridized carbons (Fsp3) is 0.389. The topological polar surface area (TPSA) is 188 Å². The number of carbonyl (C=O) groups excluding carboxylic acids is 3. The number of carboxylic acids is 2. The lowest BCUT2D eigenvalue weighted by molar-refractivity contribution is -0.143. The molecular formula is C18H24N4O7. The van der Waals surface area contributed by atoms with Gasteiger partial charge in [0, 0.05) is 6.42 Å². The number of amides is 3. The number of nitrogens with one attached hydrogen (secondary N) is 3. The second-order valence-corrected chi connectivity index (χ2v) is 6.31. The molecule has 0 radical (unpaired) electrons. The van der Waals surface area contributed by atoms with E-state index in [-0.39, 0.29) is 6.42 Å². The van der Waals surface area contributed by atoms with Crippen LogP contribution in [-0.2, 0) is 30.4 Å². The zero-order valence-electron chi connectivity index (χ0n) is 15.8. The predicted octanol–water partition coefficient (Wildman–Crippen LogP) is -1.78. The van der Waals surface area contributed by atoms with Gasteiger partial charge in [0.05, 0.1) is 19.0 Å². The molecule has 0 aliphatic carbocycles. The molecule has 29 heavy (non-hydrogen) atoms. The number of aliphatic carboxylic acids is 2. The van der Waals surface area contributed by atoms with Crippen LogP contribution in [0.2, 0.25) is 0 Å². The van der Waals surface area contributed by atoms with Crippen molar-refractivity contribution in [3.63, 3.8) is 0 Å². The van der Waals surface area contributed by atoms with Gasteiger partial charge in [-0.3, -0.25) is 19.2 Å². The van der Waals surface area contributed by atoms with E-state index in [9.17, 15) is 29.1 Å². The molecule has 0 saturated carbocycles. The largest absolute Gasteiger partial charge is 0.481 e. The van der Waals surface area contributed by atoms with Crippen molar-refractivity contribution in [3.05, 3.63) is 35.9 Å². The second kappa shape index (κ2) is 11.4. The van der Waals surface area contributed by atoms with Crippen molar-refractivity contribution in [2.75, 3.05) is 6.54 Å². The predicted molar refractivity (Wildman–Crippen MR) is 101 cm³/mol. The Morgan fingerprint density at radius 1 is 0.966 bits per heavy atom. The van der Waals surface area contributed by atoms with E-state index in [1.807, 2.05) is 0 Å². The van der Waals surface area contributed by atoms with Gasteiger partial charge in [0.1, 0.15) is 12.1 Å². The number of benzene rings is 1. The molecule has 0 heterocycles. The van der Waals surface area contributed by atoms with Crippen molar-refractivity contribution in [2.24, 2.45) is 5.73 Å². The van der Waals surface area contributed by atoms with Gasteiger partial charge >= 0.3 is 11.9 Å². The van der Waals surface area contributed by atoms with Crippen LogP contribution in [0.4, 0.5) is 0 Å². The molecule has 7 N–H and O–H groups in total. The molecule has 0 fully saturated rings. The van der Waals surface area contributed by atoms with E-state index in [1.54, 1.807) is 30.3 Å². The highest BCUT2D eigenvalue weighted by molar-refractivity contribution is 5.94. The lowest BCUT2D eigenvalue weighted by atomic mass is 10.1. The quantitative estimate of drug-likeness (QED) is 0.248. The van der Waals surface area contributed by atoms with Gasteiger partial charge < -0.3 is 31.9 Å². The number of hydrogen-bond donors (Lipinski definition) is 6. The molecule has 3 atom stereocenters. The van der Waals surface area contributed by atoms with Gasteiger partial charge in [-0.05, 0) is 12.5 Å². The van der Waals surface area contributed by atoms with E-state index in [1.165, 1.54) is 6.92 Å². The third-order valence-corrected chi connectivity index (χ3v) is 3.76. The summed E-state index contributed by atoms with van der Waals surface area (Å²) >= 11 is 0.